The van der Waals surface area contributed by atoms with Gasteiger partial charge in [0.1, 0.15) is 0 Å². The molecule has 0 saturated heterocycles. The average Bonchev–Trinajstić information content (AvgIpc) is 2.81. The van der Waals surface area contributed by atoms with Gasteiger partial charge in [-0.05, 0) is 18.4 Å². The van der Waals surface area contributed by atoms with Gasteiger partial charge in [0.15, 0.2) is 0 Å². The molecule has 0 aliphatic rings. The summed E-state index contributed by atoms with van der Waals surface area (Å²) in [4.78, 5) is 0. The number of aliphatic hydroxyl groups excluding tert-OH is 1. The van der Waals surface area contributed by atoms with Crippen molar-refractivity contribution in [3.8, 4) is 0 Å². The van der Waals surface area contributed by atoms with E-state index in [-0.39, 0.29) is 0 Å². The molecule has 0 spiro atoms. The number of H-pyrrole nitrogens is 1. The van der Waals surface area contributed by atoms with Crippen LogP contribution in [0, 0.1) is 0 Å². The maximum atomic E-state index is 9.81. The maximum Gasteiger partial charge on any atom is 0.0823 e. The highest BCUT2D eigenvalue weighted by Gasteiger charge is 2.07. The zero-order valence-corrected chi connectivity index (χ0v) is 8.43. The molecule has 1 heterocycles. The van der Waals surface area contributed by atoms with E-state index in [9.17, 15) is 5.11 Å². The number of hydrogen-bond acceptors (Lipinski definition) is 2. The highest BCUT2D eigenvalue weighted by Crippen LogP contribution is 2.17. The average molecular weight is 202 g/mol. The van der Waals surface area contributed by atoms with Crippen LogP contribution in [0.2, 0.25) is 0 Å². The Hall–Kier alpha value is -1.61. The number of rotatable bonds is 4. The Kier molecular flexibility index (Phi) is 3.15. The standard InChI is InChI=1S/C12H14N2O/c15-12(11-8-13-14-9-11)7-6-10-4-2-1-3-5-10/h1-5,8-9,12,15H,6-7H2,(H,13,14). The van der Waals surface area contributed by atoms with Crippen LogP contribution < -0.4 is 0 Å². The van der Waals surface area contributed by atoms with Crippen LogP contribution in [-0.2, 0) is 6.42 Å². The molecule has 1 atom stereocenters. The molecule has 1 unspecified atom stereocenters. The van der Waals surface area contributed by atoms with Crippen molar-refractivity contribution in [1.82, 2.24) is 10.2 Å². The number of aromatic amines is 1. The van der Waals surface area contributed by atoms with Crippen LogP contribution in [0.15, 0.2) is 42.7 Å². The molecule has 0 fully saturated rings. The van der Waals surface area contributed by atoms with Gasteiger partial charge in [-0.15, -0.1) is 0 Å². The largest absolute Gasteiger partial charge is 0.388 e. The maximum absolute atomic E-state index is 9.81. The molecule has 3 heteroatoms. The van der Waals surface area contributed by atoms with Gasteiger partial charge in [0.05, 0.1) is 12.3 Å². The minimum atomic E-state index is -0.427. The lowest BCUT2D eigenvalue weighted by molar-refractivity contribution is 0.168. The number of aliphatic hydroxyl groups is 1. The van der Waals surface area contributed by atoms with Gasteiger partial charge in [-0.25, -0.2) is 0 Å². The van der Waals surface area contributed by atoms with Crippen molar-refractivity contribution in [2.24, 2.45) is 0 Å². The molecule has 15 heavy (non-hydrogen) atoms. The lowest BCUT2D eigenvalue weighted by Crippen LogP contribution is -1.98. The summed E-state index contributed by atoms with van der Waals surface area (Å²) in [5.74, 6) is 0. The lowest BCUT2D eigenvalue weighted by Gasteiger charge is -2.07. The van der Waals surface area contributed by atoms with Gasteiger partial charge in [0.2, 0.25) is 0 Å². The van der Waals surface area contributed by atoms with Gasteiger partial charge >= 0.3 is 0 Å². The van der Waals surface area contributed by atoms with Gasteiger partial charge in [-0.1, -0.05) is 30.3 Å². The number of nitrogens with one attached hydrogen (secondary N) is 1. The molecule has 0 radical (unpaired) electrons. The predicted molar refractivity (Wildman–Crippen MR) is 58.3 cm³/mol. The van der Waals surface area contributed by atoms with Crippen molar-refractivity contribution < 1.29 is 5.11 Å². The third-order valence-electron chi connectivity index (χ3n) is 2.45. The second-order valence-corrected chi connectivity index (χ2v) is 3.57. The molecular weight excluding hydrogens is 188 g/mol. The van der Waals surface area contributed by atoms with E-state index in [0.717, 1.165) is 18.4 Å². The number of aryl methyl sites for hydroxylation is 1. The normalized spacial score (nSPS) is 12.6. The van der Waals surface area contributed by atoms with E-state index in [1.807, 2.05) is 18.2 Å². The molecule has 0 amide bonds. The summed E-state index contributed by atoms with van der Waals surface area (Å²) in [7, 11) is 0. The first-order chi connectivity index (χ1) is 7.36. The number of nitrogens with zero attached hydrogens (tertiary/aromatic N) is 1. The Balaban J connectivity index is 1.89. The molecule has 1 aromatic carbocycles. The second-order valence-electron chi connectivity index (χ2n) is 3.57. The van der Waals surface area contributed by atoms with Crippen LogP contribution in [0.3, 0.4) is 0 Å². The quantitative estimate of drug-likeness (QED) is 0.797. The van der Waals surface area contributed by atoms with Crippen molar-refractivity contribution >= 4 is 0 Å². The van der Waals surface area contributed by atoms with E-state index in [4.69, 9.17) is 0 Å². The Labute approximate surface area is 88.8 Å². The topological polar surface area (TPSA) is 48.9 Å². The van der Waals surface area contributed by atoms with Gasteiger partial charge in [-0.2, -0.15) is 5.10 Å². The van der Waals surface area contributed by atoms with Crippen LogP contribution in [0.25, 0.3) is 0 Å². The SMILES string of the molecule is OC(CCc1ccccc1)c1cn[nH]c1. The Morgan fingerprint density at radius 3 is 2.73 bits per heavy atom. The molecule has 1 aromatic heterocycles. The van der Waals surface area contributed by atoms with Crippen LogP contribution in [0.5, 0.6) is 0 Å². The summed E-state index contributed by atoms with van der Waals surface area (Å²) in [6, 6.07) is 10.2. The first-order valence-electron chi connectivity index (χ1n) is 5.07. The van der Waals surface area contributed by atoms with Crippen molar-refractivity contribution in [1.29, 1.82) is 0 Å². The van der Waals surface area contributed by atoms with E-state index in [2.05, 4.69) is 22.3 Å². The van der Waals surface area contributed by atoms with Crippen molar-refractivity contribution in [2.75, 3.05) is 0 Å². The number of aromatic nitrogens is 2. The molecule has 0 aliphatic carbocycles. The summed E-state index contributed by atoms with van der Waals surface area (Å²) in [5, 5.41) is 16.3. The van der Waals surface area contributed by atoms with Gasteiger partial charge in [0.25, 0.3) is 0 Å². The van der Waals surface area contributed by atoms with E-state index in [1.165, 1.54) is 5.56 Å². The van der Waals surface area contributed by atoms with Crippen LogP contribution in [0.4, 0.5) is 0 Å². The summed E-state index contributed by atoms with van der Waals surface area (Å²) in [6.07, 6.45) is 4.58. The predicted octanol–water partition coefficient (Wildman–Crippen LogP) is 2.08. The van der Waals surface area contributed by atoms with Gasteiger partial charge in [-0.3, -0.25) is 5.10 Å². The fourth-order valence-corrected chi connectivity index (χ4v) is 1.56. The third kappa shape index (κ3) is 2.67. The van der Waals surface area contributed by atoms with Gasteiger partial charge in [0, 0.05) is 11.8 Å². The Morgan fingerprint density at radius 1 is 1.27 bits per heavy atom. The highest BCUT2D eigenvalue weighted by atomic mass is 16.3. The Bertz CT molecular complexity index is 383. The molecule has 2 rings (SSSR count). The van der Waals surface area contributed by atoms with E-state index < -0.39 is 6.10 Å². The van der Waals surface area contributed by atoms with Crippen LogP contribution in [-0.4, -0.2) is 15.3 Å². The monoisotopic (exact) mass is 202 g/mol. The lowest BCUT2D eigenvalue weighted by atomic mass is 10.0. The zero-order chi connectivity index (χ0) is 10.5. The summed E-state index contributed by atoms with van der Waals surface area (Å²) >= 11 is 0. The fraction of sp³-hybridized carbons (Fsp3) is 0.250. The van der Waals surface area contributed by atoms with Crippen molar-refractivity contribution in [3.05, 3.63) is 53.9 Å². The first kappa shape index (κ1) is 9.93. The highest BCUT2D eigenvalue weighted by molar-refractivity contribution is 5.15. The molecule has 2 aromatic rings. The summed E-state index contributed by atoms with van der Waals surface area (Å²) in [6.45, 7) is 0. The Morgan fingerprint density at radius 2 is 2.07 bits per heavy atom. The minimum absolute atomic E-state index is 0.427. The first-order valence-corrected chi connectivity index (χ1v) is 5.07. The molecular formula is C12H14N2O. The molecule has 2 N–H and O–H groups in total. The van der Waals surface area contributed by atoms with Crippen molar-refractivity contribution in [3.63, 3.8) is 0 Å². The minimum Gasteiger partial charge on any atom is -0.388 e. The summed E-state index contributed by atoms with van der Waals surface area (Å²) < 4.78 is 0. The van der Waals surface area contributed by atoms with E-state index >= 15 is 0 Å². The van der Waals surface area contributed by atoms with E-state index in [0.29, 0.717) is 0 Å². The van der Waals surface area contributed by atoms with Crippen molar-refractivity contribution in [2.45, 2.75) is 18.9 Å². The van der Waals surface area contributed by atoms with Gasteiger partial charge < -0.3 is 5.11 Å². The fourth-order valence-electron chi connectivity index (χ4n) is 1.56. The number of hydrogen-bond donors (Lipinski definition) is 2. The third-order valence-corrected chi connectivity index (χ3v) is 2.45. The van der Waals surface area contributed by atoms with Crippen LogP contribution >= 0.6 is 0 Å². The molecule has 78 valence electrons. The molecule has 0 aliphatic heterocycles. The summed E-state index contributed by atoms with van der Waals surface area (Å²) in [5.41, 5.74) is 2.10. The van der Waals surface area contributed by atoms with Crippen LogP contribution in [0.1, 0.15) is 23.7 Å². The molecule has 0 saturated carbocycles. The smallest absolute Gasteiger partial charge is 0.0823 e. The second kappa shape index (κ2) is 4.75. The molecule has 3 nitrogen and oxygen atoms in total. The molecule has 0 bridgehead atoms. The number of benzene rings is 1. The van der Waals surface area contributed by atoms with E-state index in [1.54, 1.807) is 12.4 Å². The zero-order valence-electron chi connectivity index (χ0n) is 8.43.